The number of aliphatic hydroxyl groups is 3. The molecule has 1 aromatic heterocycles. The number of carbonyl (C=O) groups is 16. The number of nitrogens with two attached hydrogens (primary N) is 1. The number of nitrogens with one attached hydrogen (secondary N) is 16. The van der Waals surface area contributed by atoms with Crippen molar-refractivity contribution in [3.63, 3.8) is 0 Å². The van der Waals surface area contributed by atoms with E-state index in [2.05, 4.69) is 84.7 Å². The topological polar surface area (TPSA) is 576 Å². The summed E-state index contributed by atoms with van der Waals surface area (Å²) in [4.78, 5) is 221. The Morgan fingerprint density at radius 3 is 1.14 bits per heavy atom. The Kier molecular flexibility index (Phi) is 43.1. The van der Waals surface area contributed by atoms with Crippen molar-refractivity contribution in [2.24, 2.45) is 47.2 Å². The van der Waals surface area contributed by atoms with Gasteiger partial charge >= 0.3 is 5.97 Å². The molecule has 0 aliphatic rings. The van der Waals surface area contributed by atoms with Crippen molar-refractivity contribution in [1.29, 1.82) is 0 Å². The van der Waals surface area contributed by atoms with Gasteiger partial charge in [-0.1, -0.05) is 128 Å². The zero-order chi connectivity index (χ0) is 86.9. The molecule has 1 heterocycles. The maximum absolute atomic E-state index is 14.5. The molecule has 0 saturated heterocycles. The van der Waals surface area contributed by atoms with Crippen LogP contribution in [-0.4, -0.2) is 236 Å². The van der Waals surface area contributed by atoms with Crippen LogP contribution in [0.4, 0.5) is 0 Å². The summed E-state index contributed by atoms with van der Waals surface area (Å²) < 4.78 is 0. The number of hydrogen-bond acceptors (Lipinski definition) is 20. The number of rotatable bonds is 50. The summed E-state index contributed by atoms with van der Waals surface area (Å²) >= 11 is 0. The average Bonchev–Trinajstić information content (AvgIpc) is 1.65. The predicted octanol–water partition coefficient (Wildman–Crippen LogP) is -2.21. The second kappa shape index (κ2) is 49.0. The van der Waals surface area contributed by atoms with Crippen LogP contribution in [0.3, 0.4) is 0 Å². The SMILES string of the molecule is CC[C@H](C)[C@H](N)C(=O)NCC(=O)N[C@@H](CC(C)C)C(=O)N[C@H](C(=O)N[C@@H](CC(C)C)C(=O)N[C@@H](C)C(=O)NCC(=O)N[C@@H](CC(C)C)C(=O)N[C@H](C(=O)N[C@@H](C)C(=O)N[C@H](C(=O)N[C@@H](C)C(=O)N[C@@H](Cc1c[nH]c2ccccc12)C(=O)N[C@@H](CC(C)C)C(=O)N[C@@H](CO)C(=O)N[C@@H](CC(C)C)C(=O)O)[C@@H](C)O)[C@@H](C)CC)[C@@H](C)O. The Morgan fingerprint density at radius 2 is 0.693 bits per heavy atom. The van der Waals surface area contributed by atoms with Crippen LogP contribution in [-0.2, 0) is 83.1 Å². The van der Waals surface area contributed by atoms with Gasteiger partial charge in [0.1, 0.15) is 78.5 Å². The molecule has 0 aliphatic carbocycles. The molecule has 1 aromatic carbocycles. The lowest BCUT2D eigenvalue weighted by Crippen LogP contribution is -2.62. The Bertz CT molecular complexity index is 3590. The van der Waals surface area contributed by atoms with Gasteiger partial charge in [0.15, 0.2) is 0 Å². The van der Waals surface area contributed by atoms with Crippen molar-refractivity contribution in [2.45, 2.75) is 280 Å². The van der Waals surface area contributed by atoms with E-state index in [1.54, 1.807) is 120 Å². The summed E-state index contributed by atoms with van der Waals surface area (Å²) in [5.74, 6) is -16.3. The third-order valence-electron chi connectivity index (χ3n) is 18.8. The van der Waals surface area contributed by atoms with E-state index in [0.29, 0.717) is 29.3 Å². The van der Waals surface area contributed by atoms with E-state index in [0.717, 1.165) is 0 Å². The Hall–Kier alpha value is -9.88. The fraction of sp³-hybridized carbons (Fsp3) is 0.688. The van der Waals surface area contributed by atoms with E-state index < -0.39 is 217 Å². The molecule has 22 N–H and O–H groups in total. The molecule has 18 atom stereocenters. The summed E-state index contributed by atoms with van der Waals surface area (Å²) in [5, 5.41) is 79.7. The minimum Gasteiger partial charge on any atom is -0.480 e. The molecule has 0 aliphatic heterocycles. The molecule has 0 fully saturated rings. The lowest BCUT2D eigenvalue weighted by Gasteiger charge is -2.29. The van der Waals surface area contributed by atoms with Crippen LogP contribution >= 0.6 is 0 Å². The van der Waals surface area contributed by atoms with E-state index in [1.165, 1.54) is 34.6 Å². The van der Waals surface area contributed by atoms with Gasteiger partial charge in [-0.05, 0) is 120 Å². The first-order valence-corrected chi connectivity index (χ1v) is 39.2. The third kappa shape index (κ3) is 34.4. The van der Waals surface area contributed by atoms with E-state index in [1.807, 2.05) is 6.92 Å². The monoisotopic (exact) mass is 1610 g/mol. The molecule has 2 aromatic rings. The standard InChI is InChI=1S/C77H129N17O20/c1-20-41(13)60(78)73(109)81-34-59(99)86-52(27-37(5)6)71(107)94-63(47(19)97)76(112)89-53(28-38(7)8)67(103)82-43(15)64(100)80-33-58(98)85-51(26-36(3)4)70(106)92-61(42(14)21-2)74(110)83-45(17)66(102)93-62(46(18)96)75(111)84-44(16)65(101)87-55(31-48-32-79-50-25-23-22-24-49(48)50)69(105)88-54(29-39(9)10)68(104)91-57(35-95)72(108)90-56(77(113)114)30-40(11)12/h22-25,32,36-47,51-57,60-63,79,95-97H,20-21,26-31,33-35,78H2,1-19H3,(H,80,100)(H,81,109)(H,82,103)(H,83,110)(H,84,111)(H,85,98)(H,86,99)(H,87,101)(H,88,105)(H,89,112)(H,90,108)(H,91,104)(H,92,106)(H,93,102)(H,94,107)(H,113,114)/t41-,42-,43-,44-,45-,46+,47+,51-,52-,53-,54-,55-,56-,57-,60-,61-,62-,63-/m0/s1. The molecule has 0 bridgehead atoms. The van der Waals surface area contributed by atoms with Gasteiger partial charge in [-0.25, -0.2) is 4.79 Å². The molecule has 114 heavy (non-hydrogen) atoms. The van der Waals surface area contributed by atoms with Crippen LogP contribution in [0.5, 0.6) is 0 Å². The number of fused-ring (bicyclic) bond motifs is 1. The highest BCUT2D eigenvalue weighted by Crippen LogP contribution is 2.21. The van der Waals surface area contributed by atoms with Gasteiger partial charge in [-0.15, -0.1) is 0 Å². The van der Waals surface area contributed by atoms with Crippen molar-refractivity contribution >= 4 is 105 Å². The highest BCUT2D eigenvalue weighted by Gasteiger charge is 2.39. The van der Waals surface area contributed by atoms with E-state index in [-0.39, 0.29) is 74.0 Å². The second-order valence-electron chi connectivity index (χ2n) is 31.6. The Labute approximate surface area is 667 Å². The molecule has 642 valence electrons. The van der Waals surface area contributed by atoms with Crippen LogP contribution in [0.1, 0.15) is 182 Å². The number of carbonyl (C=O) groups excluding carboxylic acids is 15. The molecule has 37 heteroatoms. The first kappa shape index (κ1) is 100. The first-order chi connectivity index (χ1) is 53.2. The smallest absolute Gasteiger partial charge is 0.326 e. The van der Waals surface area contributed by atoms with Crippen molar-refractivity contribution in [3.05, 3.63) is 36.0 Å². The third-order valence-corrected chi connectivity index (χ3v) is 18.8. The van der Waals surface area contributed by atoms with E-state index in [9.17, 15) is 97.1 Å². The van der Waals surface area contributed by atoms with Crippen LogP contribution in [0, 0.1) is 41.4 Å². The predicted molar refractivity (Wildman–Crippen MR) is 422 cm³/mol. The Balaban J connectivity index is 2.23. The van der Waals surface area contributed by atoms with Gasteiger partial charge in [0.2, 0.25) is 88.6 Å². The van der Waals surface area contributed by atoms with Crippen molar-refractivity contribution in [1.82, 2.24) is 84.7 Å². The van der Waals surface area contributed by atoms with E-state index >= 15 is 0 Å². The number of benzene rings is 1. The second-order valence-corrected chi connectivity index (χ2v) is 31.6. The molecule has 0 saturated carbocycles. The fourth-order valence-electron chi connectivity index (χ4n) is 11.8. The number of aliphatic carboxylic acids is 1. The minimum atomic E-state index is -1.77. The molecular weight excluding hydrogens is 1480 g/mol. The number of para-hydroxylation sites is 1. The van der Waals surface area contributed by atoms with Gasteiger partial charge in [0.05, 0.1) is 37.9 Å². The number of hydrogen-bond donors (Lipinski definition) is 21. The fourth-order valence-corrected chi connectivity index (χ4v) is 11.8. The molecule has 0 spiro atoms. The highest BCUT2D eigenvalue weighted by atomic mass is 16.4. The molecular formula is C77H129N17O20. The number of carboxylic acids is 1. The number of carboxylic acid groups (broad SMARTS) is 1. The molecule has 0 radical (unpaired) electrons. The lowest BCUT2D eigenvalue weighted by molar-refractivity contribution is -0.143. The summed E-state index contributed by atoms with van der Waals surface area (Å²) in [6, 6.07) is -12.5. The summed E-state index contributed by atoms with van der Waals surface area (Å²) in [6.07, 6.45) is -0.638. The Morgan fingerprint density at radius 1 is 0.368 bits per heavy atom. The highest BCUT2D eigenvalue weighted by molar-refractivity contribution is 6.01. The van der Waals surface area contributed by atoms with Gasteiger partial charge in [0, 0.05) is 23.5 Å². The van der Waals surface area contributed by atoms with E-state index in [4.69, 9.17) is 5.73 Å². The zero-order valence-electron chi connectivity index (χ0n) is 69.3. The first-order valence-electron chi connectivity index (χ1n) is 39.2. The van der Waals surface area contributed by atoms with Gasteiger partial charge < -0.3 is 111 Å². The number of amides is 15. The minimum absolute atomic E-state index is 0.0116. The lowest BCUT2D eigenvalue weighted by atomic mass is 9.96. The van der Waals surface area contributed by atoms with Crippen molar-refractivity contribution in [3.8, 4) is 0 Å². The number of aromatic nitrogens is 1. The quantitative estimate of drug-likeness (QED) is 0.0334. The van der Waals surface area contributed by atoms with Crippen LogP contribution in [0.25, 0.3) is 10.9 Å². The summed E-state index contributed by atoms with van der Waals surface area (Å²) in [5.41, 5.74) is 7.22. The number of aliphatic hydroxyl groups excluding tert-OH is 3. The number of aromatic amines is 1. The summed E-state index contributed by atoms with van der Waals surface area (Å²) in [6.45, 7) is 28.6. The van der Waals surface area contributed by atoms with Crippen molar-refractivity contribution < 1.29 is 97.1 Å². The van der Waals surface area contributed by atoms with Crippen molar-refractivity contribution in [2.75, 3.05) is 19.7 Å². The summed E-state index contributed by atoms with van der Waals surface area (Å²) in [7, 11) is 0. The maximum Gasteiger partial charge on any atom is 0.326 e. The average molecular weight is 1610 g/mol. The maximum atomic E-state index is 14.5. The molecule has 37 nitrogen and oxygen atoms in total. The van der Waals surface area contributed by atoms with Gasteiger partial charge in [-0.3, -0.25) is 71.9 Å². The van der Waals surface area contributed by atoms with Crippen LogP contribution in [0.15, 0.2) is 30.5 Å². The van der Waals surface area contributed by atoms with Gasteiger partial charge in [0.25, 0.3) is 0 Å². The molecule has 15 amide bonds. The van der Waals surface area contributed by atoms with Crippen LogP contribution in [0.2, 0.25) is 0 Å². The zero-order valence-corrected chi connectivity index (χ0v) is 69.3. The number of H-pyrrole nitrogens is 1. The largest absolute Gasteiger partial charge is 0.480 e. The van der Waals surface area contributed by atoms with Gasteiger partial charge in [-0.2, -0.15) is 0 Å². The van der Waals surface area contributed by atoms with Crippen LogP contribution < -0.4 is 85.5 Å². The molecule has 2 rings (SSSR count). The molecule has 0 unspecified atom stereocenters. The normalized spacial score (nSPS) is 16.2.